The van der Waals surface area contributed by atoms with Gasteiger partial charge in [-0.2, -0.15) is 5.10 Å². The van der Waals surface area contributed by atoms with E-state index >= 15 is 0 Å². The van der Waals surface area contributed by atoms with Gasteiger partial charge in [-0.25, -0.2) is 4.68 Å². The van der Waals surface area contributed by atoms with Crippen molar-refractivity contribution in [2.45, 2.75) is 0 Å². The maximum Gasteiger partial charge on any atom is 0.153 e. The van der Waals surface area contributed by atoms with E-state index in [4.69, 9.17) is 5.73 Å². The van der Waals surface area contributed by atoms with Crippen LogP contribution in [0.5, 0.6) is 0 Å². The van der Waals surface area contributed by atoms with E-state index in [0.717, 1.165) is 16.7 Å². The van der Waals surface area contributed by atoms with Crippen molar-refractivity contribution in [1.82, 2.24) is 14.8 Å². The number of nitrogen functional groups attached to an aromatic ring is 1. The number of aromatic nitrogens is 3. The Bertz CT molecular complexity index is 628. The van der Waals surface area contributed by atoms with Crippen molar-refractivity contribution in [2.75, 3.05) is 5.73 Å². The molecule has 3 aromatic rings. The third-order valence-electron chi connectivity index (χ3n) is 2.47. The molecule has 0 bridgehead atoms. The van der Waals surface area contributed by atoms with E-state index in [9.17, 15) is 0 Å². The fourth-order valence-corrected chi connectivity index (χ4v) is 1.70. The highest BCUT2D eigenvalue weighted by Crippen LogP contribution is 2.20. The summed E-state index contributed by atoms with van der Waals surface area (Å²) in [5.74, 6) is 0.571. The molecule has 2 aromatic heterocycles. The number of nitrogens with two attached hydrogens (primary N) is 1. The first kappa shape index (κ1) is 8.91. The highest BCUT2D eigenvalue weighted by Gasteiger charge is 2.09. The molecule has 1 aromatic carbocycles. The number of hydrogen-bond acceptors (Lipinski definition) is 3. The molecule has 78 valence electrons. The molecule has 0 amide bonds. The summed E-state index contributed by atoms with van der Waals surface area (Å²) in [5, 5.41) is 4.41. The fourth-order valence-electron chi connectivity index (χ4n) is 1.70. The molecule has 0 aliphatic rings. The zero-order valence-electron chi connectivity index (χ0n) is 8.54. The van der Waals surface area contributed by atoms with Crippen molar-refractivity contribution in [3.63, 3.8) is 0 Å². The largest absolute Gasteiger partial charge is 0.382 e. The number of fused-ring (bicyclic) bond motifs is 1. The molecule has 2 N–H and O–H groups in total. The van der Waals surface area contributed by atoms with Crippen molar-refractivity contribution in [2.24, 2.45) is 0 Å². The van der Waals surface area contributed by atoms with Crippen LogP contribution in [0.1, 0.15) is 0 Å². The molecule has 2 heterocycles. The lowest BCUT2D eigenvalue weighted by atomic mass is 10.3. The second-order valence-electron chi connectivity index (χ2n) is 3.50. The van der Waals surface area contributed by atoms with Crippen LogP contribution < -0.4 is 5.73 Å². The molecule has 0 radical (unpaired) electrons. The second kappa shape index (κ2) is 3.34. The van der Waals surface area contributed by atoms with Crippen molar-refractivity contribution >= 4 is 16.9 Å². The number of anilines is 1. The van der Waals surface area contributed by atoms with Crippen LogP contribution in [0.4, 0.5) is 5.82 Å². The van der Waals surface area contributed by atoms with E-state index in [2.05, 4.69) is 10.1 Å². The van der Waals surface area contributed by atoms with Gasteiger partial charge in [-0.1, -0.05) is 18.2 Å². The first-order valence-electron chi connectivity index (χ1n) is 5.01. The molecule has 0 aliphatic heterocycles. The molecule has 0 spiro atoms. The van der Waals surface area contributed by atoms with Crippen LogP contribution in [0.2, 0.25) is 0 Å². The Balaban J connectivity index is 2.29. The van der Waals surface area contributed by atoms with Gasteiger partial charge < -0.3 is 5.73 Å². The van der Waals surface area contributed by atoms with Gasteiger partial charge in [-0.05, 0) is 24.3 Å². The lowest BCUT2D eigenvalue weighted by Crippen LogP contribution is -2.01. The van der Waals surface area contributed by atoms with Crippen LogP contribution in [0.3, 0.4) is 0 Å². The average molecular weight is 210 g/mol. The van der Waals surface area contributed by atoms with Gasteiger partial charge in [0.2, 0.25) is 0 Å². The number of pyridine rings is 1. The van der Waals surface area contributed by atoms with Crippen molar-refractivity contribution in [3.8, 4) is 5.69 Å². The van der Waals surface area contributed by atoms with E-state index in [0.29, 0.717) is 5.82 Å². The van der Waals surface area contributed by atoms with E-state index in [1.807, 2.05) is 42.5 Å². The first-order chi connectivity index (χ1) is 7.86. The topological polar surface area (TPSA) is 56.7 Å². The summed E-state index contributed by atoms with van der Waals surface area (Å²) in [6, 6.07) is 13.5. The molecule has 16 heavy (non-hydrogen) atoms. The number of hydrogen-bond donors (Lipinski definition) is 1. The molecule has 0 fully saturated rings. The van der Waals surface area contributed by atoms with Crippen molar-refractivity contribution < 1.29 is 0 Å². The van der Waals surface area contributed by atoms with Gasteiger partial charge in [0.1, 0.15) is 11.0 Å². The summed E-state index contributed by atoms with van der Waals surface area (Å²) in [5.41, 5.74) is 8.50. The molecular weight excluding hydrogens is 200 g/mol. The molecule has 0 saturated heterocycles. The number of benzene rings is 1. The van der Waals surface area contributed by atoms with Crippen molar-refractivity contribution in [1.29, 1.82) is 0 Å². The zero-order valence-corrected chi connectivity index (χ0v) is 8.54. The molecule has 0 saturated carbocycles. The molecule has 4 nitrogen and oxygen atoms in total. The minimum absolute atomic E-state index is 0.571. The first-order valence-corrected chi connectivity index (χ1v) is 5.01. The molecule has 0 atom stereocenters. The van der Waals surface area contributed by atoms with Gasteiger partial charge in [0, 0.05) is 6.20 Å². The normalized spacial score (nSPS) is 10.8. The summed E-state index contributed by atoms with van der Waals surface area (Å²) in [4.78, 5) is 4.22. The SMILES string of the molecule is Nc1c2ncccc2nn1-c1ccccc1. The lowest BCUT2D eigenvalue weighted by Gasteiger charge is -2.01. The molecule has 4 heteroatoms. The van der Waals surface area contributed by atoms with Crippen LogP contribution in [-0.2, 0) is 0 Å². The Hall–Kier alpha value is -2.36. The average Bonchev–Trinajstić information content (AvgIpc) is 2.69. The Kier molecular flexibility index (Phi) is 1.86. The second-order valence-corrected chi connectivity index (χ2v) is 3.50. The van der Waals surface area contributed by atoms with Crippen LogP contribution in [0.25, 0.3) is 16.7 Å². The summed E-state index contributed by atoms with van der Waals surface area (Å²) >= 11 is 0. The molecule has 0 aliphatic carbocycles. The lowest BCUT2D eigenvalue weighted by molar-refractivity contribution is 0.907. The highest BCUT2D eigenvalue weighted by atomic mass is 15.3. The van der Waals surface area contributed by atoms with Gasteiger partial charge in [0.25, 0.3) is 0 Å². The maximum absolute atomic E-state index is 6.01. The van der Waals surface area contributed by atoms with E-state index in [-0.39, 0.29) is 0 Å². The van der Waals surface area contributed by atoms with E-state index in [1.165, 1.54) is 0 Å². The summed E-state index contributed by atoms with van der Waals surface area (Å²) in [7, 11) is 0. The molecular formula is C12H10N4. The van der Waals surface area contributed by atoms with Crippen molar-refractivity contribution in [3.05, 3.63) is 48.7 Å². The Morgan fingerprint density at radius 3 is 2.56 bits per heavy atom. The third kappa shape index (κ3) is 1.24. The van der Waals surface area contributed by atoms with Crippen LogP contribution >= 0.6 is 0 Å². The standard InChI is InChI=1S/C12H10N4/c13-12-11-10(7-4-8-14-11)15-16(12)9-5-2-1-3-6-9/h1-8H,13H2. The minimum Gasteiger partial charge on any atom is -0.382 e. The maximum atomic E-state index is 6.01. The van der Waals surface area contributed by atoms with Gasteiger partial charge in [-0.3, -0.25) is 4.98 Å². The molecule has 0 unspecified atom stereocenters. The Labute approximate surface area is 92.3 Å². The van der Waals surface area contributed by atoms with E-state index in [1.54, 1.807) is 10.9 Å². The van der Waals surface area contributed by atoms with E-state index < -0.39 is 0 Å². The Morgan fingerprint density at radius 1 is 1.00 bits per heavy atom. The smallest absolute Gasteiger partial charge is 0.153 e. The van der Waals surface area contributed by atoms with Gasteiger partial charge in [-0.15, -0.1) is 0 Å². The third-order valence-corrected chi connectivity index (χ3v) is 2.47. The number of nitrogens with zero attached hydrogens (tertiary/aromatic N) is 3. The van der Waals surface area contributed by atoms with Crippen LogP contribution in [0, 0.1) is 0 Å². The van der Waals surface area contributed by atoms with Crippen LogP contribution in [0.15, 0.2) is 48.7 Å². The van der Waals surface area contributed by atoms with Gasteiger partial charge in [0.05, 0.1) is 5.69 Å². The molecule has 3 rings (SSSR count). The van der Waals surface area contributed by atoms with Gasteiger partial charge >= 0.3 is 0 Å². The quantitative estimate of drug-likeness (QED) is 0.668. The summed E-state index contributed by atoms with van der Waals surface area (Å²) < 4.78 is 1.71. The highest BCUT2D eigenvalue weighted by molar-refractivity contribution is 5.85. The fraction of sp³-hybridized carbons (Fsp3) is 0. The minimum atomic E-state index is 0.571. The van der Waals surface area contributed by atoms with Gasteiger partial charge in [0.15, 0.2) is 5.82 Å². The predicted octanol–water partition coefficient (Wildman–Crippen LogP) is 2.00. The summed E-state index contributed by atoms with van der Waals surface area (Å²) in [6.07, 6.45) is 1.72. The number of rotatable bonds is 1. The predicted molar refractivity (Wildman–Crippen MR) is 63.3 cm³/mol. The number of para-hydroxylation sites is 1. The monoisotopic (exact) mass is 210 g/mol. The zero-order chi connectivity index (χ0) is 11.0. The summed E-state index contributed by atoms with van der Waals surface area (Å²) in [6.45, 7) is 0. The Morgan fingerprint density at radius 2 is 1.81 bits per heavy atom. The van der Waals surface area contributed by atoms with Crippen LogP contribution in [-0.4, -0.2) is 14.8 Å².